The van der Waals surface area contributed by atoms with Crippen molar-refractivity contribution in [3.63, 3.8) is 0 Å². The highest BCUT2D eigenvalue weighted by molar-refractivity contribution is 5.71. The van der Waals surface area contributed by atoms with Gasteiger partial charge in [-0.05, 0) is 83.5 Å². The van der Waals surface area contributed by atoms with Crippen LogP contribution >= 0.6 is 0 Å². The van der Waals surface area contributed by atoms with Crippen molar-refractivity contribution in [2.24, 2.45) is 0 Å². The van der Waals surface area contributed by atoms with Crippen LogP contribution < -0.4 is 0 Å². The van der Waals surface area contributed by atoms with E-state index in [0.717, 1.165) is 122 Å². The Labute approximate surface area is 459 Å². The molecule has 0 amide bonds. The van der Waals surface area contributed by atoms with Crippen molar-refractivity contribution in [3.8, 4) is 0 Å². The Morgan fingerprint density at radius 3 is 0.892 bits per heavy atom. The van der Waals surface area contributed by atoms with Gasteiger partial charge in [-0.25, -0.2) is 0 Å². The maximum atomic E-state index is 12.9. The molecule has 0 spiro atoms. The summed E-state index contributed by atoms with van der Waals surface area (Å²) in [7, 11) is 0. The summed E-state index contributed by atoms with van der Waals surface area (Å²) in [5.41, 5.74) is 0. The van der Waals surface area contributed by atoms with E-state index in [9.17, 15) is 14.4 Å². The number of carbonyl (C=O) groups excluding carboxylic acids is 3. The molecule has 0 aromatic rings. The summed E-state index contributed by atoms with van der Waals surface area (Å²) < 4.78 is 16.9. The van der Waals surface area contributed by atoms with Gasteiger partial charge in [-0.1, -0.05) is 293 Å². The standard InChI is InChI=1S/C68H120O6/c1-4-7-10-13-16-19-22-24-26-28-30-32-33-34-35-37-38-40-42-44-46-49-52-55-58-61-67(70)73-64-65(63-72-66(69)60-57-54-51-48-21-18-15-12-9-6-3)74-68(71)62-59-56-53-50-47-45-43-41-39-36-31-29-27-25-23-20-17-14-11-8-5-2/h8,11-12,15,17,20,25,27,31,36,41,43,65H,4-7,9-10,13-14,16,18-19,21-24,26,28-30,32-35,37-40,42,44-64H2,1-3H3/b11-8-,15-12-,20-17-,27-25-,36-31-,43-41-. The van der Waals surface area contributed by atoms with E-state index in [4.69, 9.17) is 14.2 Å². The van der Waals surface area contributed by atoms with Gasteiger partial charge in [0.25, 0.3) is 0 Å². The van der Waals surface area contributed by atoms with Gasteiger partial charge in [0.05, 0.1) is 0 Å². The average Bonchev–Trinajstić information content (AvgIpc) is 3.40. The Balaban J connectivity index is 4.24. The smallest absolute Gasteiger partial charge is 0.306 e. The maximum Gasteiger partial charge on any atom is 0.306 e. The Kier molecular flexibility index (Phi) is 59.7. The molecule has 428 valence electrons. The largest absolute Gasteiger partial charge is 0.462 e. The van der Waals surface area contributed by atoms with E-state index < -0.39 is 6.10 Å². The van der Waals surface area contributed by atoms with Gasteiger partial charge in [0.1, 0.15) is 13.2 Å². The number of hydrogen-bond donors (Lipinski definition) is 0. The highest BCUT2D eigenvalue weighted by atomic mass is 16.6. The maximum absolute atomic E-state index is 12.9. The van der Waals surface area contributed by atoms with Crippen molar-refractivity contribution >= 4 is 17.9 Å². The van der Waals surface area contributed by atoms with Crippen LogP contribution in [0.4, 0.5) is 0 Å². The van der Waals surface area contributed by atoms with Crippen LogP contribution in [-0.4, -0.2) is 37.2 Å². The lowest BCUT2D eigenvalue weighted by Gasteiger charge is -2.18. The van der Waals surface area contributed by atoms with Gasteiger partial charge in [0.2, 0.25) is 0 Å². The SMILES string of the molecule is CC/C=C\C/C=C\C/C=C\C/C=C\C/C=C\CCCCCCCC(=O)OC(COC(=O)CCCCCCC/C=C\CCC)COC(=O)CCCCCCCCCCCCCCCCCCCCCCCCCCC. The summed E-state index contributed by atoms with van der Waals surface area (Å²) in [6, 6.07) is 0. The zero-order valence-electron chi connectivity index (χ0n) is 49.1. The van der Waals surface area contributed by atoms with E-state index >= 15 is 0 Å². The molecular weight excluding hydrogens is 913 g/mol. The molecular formula is C68H120O6. The Morgan fingerprint density at radius 2 is 0.554 bits per heavy atom. The van der Waals surface area contributed by atoms with Crippen molar-refractivity contribution < 1.29 is 28.6 Å². The number of unbranched alkanes of at least 4 members (excludes halogenated alkanes) is 35. The molecule has 6 nitrogen and oxygen atoms in total. The third-order valence-corrected chi connectivity index (χ3v) is 13.9. The number of allylic oxidation sites excluding steroid dienone is 12. The van der Waals surface area contributed by atoms with Gasteiger partial charge in [0, 0.05) is 19.3 Å². The van der Waals surface area contributed by atoms with Crippen molar-refractivity contribution in [1.82, 2.24) is 0 Å². The van der Waals surface area contributed by atoms with E-state index in [1.165, 1.54) is 161 Å². The Morgan fingerprint density at radius 1 is 0.284 bits per heavy atom. The van der Waals surface area contributed by atoms with Crippen LogP contribution in [0.2, 0.25) is 0 Å². The quantitative estimate of drug-likeness (QED) is 0.0261. The third kappa shape index (κ3) is 59.7. The normalized spacial score (nSPS) is 12.5. The van der Waals surface area contributed by atoms with Crippen molar-refractivity contribution in [3.05, 3.63) is 72.9 Å². The predicted octanol–water partition coefficient (Wildman–Crippen LogP) is 21.7. The van der Waals surface area contributed by atoms with Crippen molar-refractivity contribution in [2.45, 2.75) is 329 Å². The minimum atomic E-state index is -0.788. The molecule has 0 saturated heterocycles. The first-order chi connectivity index (χ1) is 36.5. The van der Waals surface area contributed by atoms with Crippen molar-refractivity contribution in [1.29, 1.82) is 0 Å². The molecule has 0 N–H and O–H groups in total. The molecule has 0 aliphatic rings. The van der Waals surface area contributed by atoms with Crippen LogP contribution in [0, 0.1) is 0 Å². The number of esters is 3. The summed E-state index contributed by atoms with van der Waals surface area (Å²) in [5, 5.41) is 0. The van der Waals surface area contributed by atoms with Crippen LogP contribution in [0.1, 0.15) is 323 Å². The number of carbonyl (C=O) groups is 3. The molecule has 0 aromatic carbocycles. The van der Waals surface area contributed by atoms with E-state index in [0.29, 0.717) is 19.3 Å². The van der Waals surface area contributed by atoms with Gasteiger partial charge >= 0.3 is 17.9 Å². The van der Waals surface area contributed by atoms with Crippen LogP contribution in [0.25, 0.3) is 0 Å². The van der Waals surface area contributed by atoms with Gasteiger partial charge in [-0.15, -0.1) is 0 Å². The summed E-state index contributed by atoms with van der Waals surface area (Å²) in [5.74, 6) is -0.901. The van der Waals surface area contributed by atoms with Crippen LogP contribution in [-0.2, 0) is 28.6 Å². The first-order valence-corrected chi connectivity index (χ1v) is 31.9. The second kappa shape index (κ2) is 62.4. The molecule has 1 atom stereocenters. The summed E-state index contributed by atoms with van der Waals surface area (Å²) in [4.78, 5) is 38.2. The monoisotopic (exact) mass is 1030 g/mol. The van der Waals surface area contributed by atoms with E-state index in [2.05, 4.69) is 93.7 Å². The average molecular weight is 1030 g/mol. The zero-order valence-corrected chi connectivity index (χ0v) is 49.1. The molecule has 0 aromatic heterocycles. The lowest BCUT2D eigenvalue weighted by Crippen LogP contribution is -2.30. The van der Waals surface area contributed by atoms with Crippen LogP contribution in [0.5, 0.6) is 0 Å². The molecule has 0 fully saturated rings. The first kappa shape index (κ1) is 70.8. The molecule has 0 aliphatic heterocycles. The fourth-order valence-electron chi connectivity index (χ4n) is 9.18. The highest BCUT2D eigenvalue weighted by Crippen LogP contribution is 2.17. The lowest BCUT2D eigenvalue weighted by atomic mass is 10.0. The fraction of sp³-hybridized carbons (Fsp3) is 0.779. The number of ether oxygens (including phenoxy) is 3. The van der Waals surface area contributed by atoms with E-state index in [1.807, 2.05) is 0 Å². The van der Waals surface area contributed by atoms with Gasteiger partial charge in [0.15, 0.2) is 6.10 Å². The second-order valence-corrected chi connectivity index (χ2v) is 21.3. The molecule has 0 bridgehead atoms. The fourth-order valence-corrected chi connectivity index (χ4v) is 9.18. The summed E-state index contributed by atoms with van der Waals surface area (Å²) in [6.07, 6.45) is 80.7. The summed E-state index contributed by atoms with van der Waals surface area (Å²) in [6.45, 7) is 6.48. The van der Waals surface area contributed by atoms with Gasteiger partial charge in [-0.2, -0.15) is 0 Å². The molecule has 0 rings (SSSR count). The van der Waals surface area contributed by atoms with Crippen LogP contribution in [0.3, 0.4) is 0 Å². The molecule has 0 aliphatic carbocycles. The minimum Gasteiger partial charge on any atom is -0.462 e. The van der Waals surface area contributed by atoms with Gasteiger partial charge < -0.3 is 14.2 Å². The Hall–Kier alpha value is -3.15. The predicted molar refractivity (Wildman–Crippen MR) is 321 cm³/mol. The molecule has 1 unspecified atom stereocenters. The summed E-state index contributed by atoms with van der Waals surface area (Å²) >= 11 is 0. The molecule has 74 heavy (non-hydrogen) atoms. The molecule has 0 heterocycles. The van der Waals surface area contributed by atoms with E-state index in [1.54, 1.807) is 0 Å². The second-order valence-electron chi connectivity index (χ2n) is 21.3. The number of rotatable bonds is 58. The Bertz CT molecular complexity index is 1370. The lowest BCUT2D eigenvalue weighted by molar-refractivity contribution is -0.167. The third-order valence-electron chi connectivity index (χ3n) is 13.9. The minimum absolute atomic E-state index is 0.0835. The highest BCUT2D eigenvalue weighted by Gasteiger charge is 2.19. The van der Waals surface area contributed by atoms with Crippen LogP contribution in [0.15, 0.2) is 72.9 Å². The zero-order chi connectivity index (χ0) is 53.6. The number of hydrogen-bond acceptors (Lipinski definition) is 6. The molecule has 0 radical (unpaired) electrons. The van der Waals surface area contributed by atoms with E-state index in [-0.39, 0.29) is 31.1 Å². The molecule has 0 saturated carbocycles. The van der Waals surface area contributed by atoms with Gasteiger partial charge in [-0.3, -0.25) is 14.4 Å². The topological polar surface area (TPSA) is 78.9 Å². The first-order valence-electron chi connectivity index (χ1n) is 31.9. The van der Waals surface area contributed by atoms with Crippen molar-refractivity contribution in [2.75, 3.05) is 13.2 Å². The molecule has 6 heteroatoms.